The predicted octanol–water partition coefficient (Wildman–Crippen LogP) is 6.29. The minimum absolute atomic E-state index is 0.0347. The van der Waals surface area contributed by atoms with Crippen LogP contribution in [0.4, 0.5) is 0 Å². The third-order valence-electron chi connectivity index (χ3n) is 7.08. The van der Waals surface area contributed by atoms with Crippen LogP contribution < -0.4 is 9.47 Å². The van der Waals surface area contributed by atoms with E-state index in [9.17, 15) is 9.59 Å². The molecule has 3 aromatic carbocycles. The summed E-state index contributed by atoms with van der Waals surface area (Å²) >= 11 is 2.17. The molecule has 200 valence electrons. The Labute approximate surface area is 241 Å². The van der Waals surface area contributed by atoms with E-state index in [1.165, 1.54) is 5.01 Å². The van der Waals surface area contributed by atoms with Crippen molar-refractivity contribution in [1.29, 1.82) is 0 Å². The molecule has 1 saturated carbocycles. The number of carbonyl (C=O) groups excluding carboxylic acids is 2. The molecule has 1 amide bonds. The molecule has 5 rings (SSSR count). The maximum atomic E-state index is 13.5. The lowest BCUT2D eigenvalue weighted by Crippen LogP contribution is -2.34. The maximum Gasteiger partial charge on any atom is 0.338 e. The molecule has 8 heteroatoms. The molecule has 1 fully saturated rings. The summed E-state index contributed by atoms with van der Waals surface area (Å²) < 4.78 is 17.1. The van der Waals surface area contributed by atoms with Gasteiger partial charge in [0.05, 0.1) is 31.5 Å². The number of amides is 1. The summed E-state index contributed by atoms with van der Waals surface area (Å²) in [5.41, 5.74) is 4.44. The normalized spacial score (nSPS) is 19.3. The van der Waals surface area contributed by atoms with E-state index >= 15 is 0 Å². The van der Waals surface area contributed by atoms with Crippen molar-refractivity contribution in [3.8, 4) is 11.5 Å². The van der Waals surface area contributed by atoms with Crippen molar-refractivity contribution in [3.05, 3.63) is 98.6 Å². The average molecular weight is 636 g/mol. The largest absolute Gasteiger partial charge is 0.497 e. The fraction of sp³-hybridized carbons (Fsp3) is 0.258. The number of rotatable bonds is 7. The Bertz CT molecular complexity index is 1400. The molecule has 2 aliphatic rings. The van der Waals surface area contributed by atoms with Gasteiger partial charge in [0, 0.05) is 9.49 Å². The molecule has 39 heavy (non-hydrogen) atoms. The van der Waals surface area contributed by atoms with Crippen LogP contribution in [0.3, 0.4) is 0 Å². The highest BCUT2D eigenvalue weighted by Gasteiger charge is 2.43. The van der Waals surface area contributed by atoms with Gasteiger partial charge in [0.25, 0.3) is 5.91 Å². The number of methoxy groups -OCH3 is 2. The van der Waals surface area contributed by atoms with Gasteiger partial charge in [-0.15, -0.1) is 0 Å². The lowest BCUT2D eigenvalue weighted by atomic mass is 9.77. The molecule has 3 aromatic rings. The fourth-order valence-electron chi connectivity index (χ4n) is 5.11. The highest BCUT2D eigenvalue weighted by atomic mass is 127. The summed E-state index contributed by atoms with van der Waals surface area (Å²) in [5.74, 6) is 0.678. The molecule has 0 N–H and O–H groups in total. The summed E-state index contributed by atoms with van der Waals surface area (Å²) in [6.07, 6.45) is 4.91. The number of ether oxygens (including phenoxy) is 3. The summed E-state index contributed by atoms with van der Waals surface area (Å²) in [5, 5.41) is 6.38. The molecule has 2 unspecified atom stereocenters. The number of hydrogen-bond donors (Lipinski definition) is 0. The minimum atomic E-state index is -0.537. The molecule has 7 nitrogen and oxygen atoms in total. The molecule has 0 bridgehead atoms. The van der Waals surface area contributed by atoms with Crippen LogP contribution in [-0.2, 0) is 9.53 Å². The lowest BCUT2D eigenvalue weighted by Gasteiger charge is -2.29. The van der Waals surface area contributed by atoms with Crippen LogP contribution in [0.2, 0.25) is 0 Å². The lowest BCUT2D eigenvalue weighted by molar-refractivity contribution is -0.137. The molecule has 0 saturated heterocycles. The van der Waals surface area contributed by atoms with Gasteiger partial charge in [-0.05, 0) is 113 Å². The van der Waals surface area contributed by atoms with Crippen molar-refractivity contribution in [2.45, 2.75) is 25.3 Å². The van der Waals surface area contributed by atoms with Gasteiger partial charge in [0.1, 0.15) is 11.5 Å². The van der Waals surface area contributed by atoms with Crippen molar-refractivity contribution in [2.75, 3.05) is 20.8 Å². The number of hydrazone groups is 1. The number of carbonyl (C=O) groups is 2. The zero-order valence-corrected chi connectivity index (χ0v) is 24.0. The zero-order valence-electron chi connectivity index (χ0n) is 21.8. The first-order valence-corrected chi connectivity index (χ1v) is 13.9. The number of allylic oxidation sites excluding steroid dienone is 1. The Morgan fingerprint density at radius 2 is 1.59 bits per heavy atom. The zero-order chi connectivity index (χ0) is 27.4. The monoisotopic (exact) mass is 636 g/mol. The van der Waals surface area contributed by atoms with Crippen molar-refractivity contribution in [2.24, 2.45) is 11.0 Å². The van der Waals surface area contributed by atoms with Gasteiger partial charge in [-0.1, -0.05) is 24.3 Å². The molecule has 1 heterocycles. The summed E-state index contributed by atoms with van der Waals surface area (Å²) in [6, 6.07) is 22.4. The van der Waals surface area contributed by atoms with Gasteiger partial charge in [0.15, 0.2) is 6.61 Å². The molecule has 0 spiro atoms. The quantitative estimate of drug-likeness (QED) is 0.225. The second kappa shape index (κ2) is 12.0. The first-order chi connectivity index (χ1) is 19.0. The van der Waals surface area contributed by atoms with E-state index in [4.69, 9.17) is 19.3 Å². The second-order valence-corrected chi connectivity index (χ2v) is 10.7. The Morgan fingerprint density at radius 1 is 0.949 bits per heavy atom. The van der Waals surface area contributed by atoms with E-state index in [0.717, 1.165) is 56.7 Å². The smallest absolute Gasteiger partial charge is 0.338 e. The van der Waals surface area contributed by atoms with E-state index in [1.807, 2.05) is 60.7 Å². The van der Waals surface area contributed by atoms with E-state index in [0.29, 0.717) is 5.56 Å². The molecular weight excluding hydrogens is 607 g/mol. The van der Waals surface area contributed by atoms with E-state index in [1.54, 1.807) is 26.4 Å². The van der Waals surface area contributed by atoms with E-state index in [-0.39, 0.29) is 17.9 Å². The Morgan fingerprint density at radius 3 is 2.23 bits per heavy atom. The van der Waals surface area contributed by atoms with E-state index < -0.39 is 12.6 Å². The van der Waals surface area contributed by atoms with Crippen LogP contribution in [0.25, 0.3) is 6.08 Å². The van der Waals surface area contributed by atoms with Gasteiger partial charge in [0.2, 0.25) is 0 Å². The highest BCUT2D eigenvalue weighted by Crippen LogP contribution is 2.44. The molecule has 2 atom stereocenters. The second-order valence-electron chi connectivity index (χ2n) is 9.47. The van der Waals surface area contributed by atoms with Crippen LogP contribution in [0.15, 0.2) is 83.5 Å². The number of hydrogen-bond acceptors (Lipinski definition) is 6. The van der Waals surface area contributed by atoms with Gasteiger partial charge in [-0.3, -0.25) is 4.79 Å². The third-order valence-corrected chi connectivity index (χ3v) is 7.80. The highest BCUT2D eigenvalue weighted by molar-refractivity contribution is 14.1. The van der Waals surface area contributed by atoms with Crippen LogP contribution >= 0.6 is 22.6 Å². The summed E-state index contributed by atoms with van der Waals surface area (Å²) in [4.78, 5) is 26.1. The van der Waals surface area contributed by atoms with E-state index in [2.05, 4.69) is 28.7 Å². The molecule has 0 aromatic heterocycles. The first kappa shape index (κ1) is 26.9. The standard InChI is InChI=1S/C31H29IN2O5/c1-37-25-14-6-20(7-15-25)18-23-4-3-5-27-29(23)33-34(30(27)21-10-16-26(38-2)17-11-21)28(35)19-39-31(36)22-8-12-24(32)13-9-22/h6-18,27,30H,3-5,19H2,1-2H3. The average Bonchev–Trinajstić information content (AvgIpc) is 3.37. The van der Waals surface area contributed by atoms with Crippen LogP contribution in [0, 0.1) is 9.49 Å². The Kier molecular flexibility index (Phi) is 8.30. The van der Waals surface area contributed by atoms with Crippen LogP contribution in [0.5, 0.6) is 11.5 Å². The molecule has 1 aliphatic heterocycles. The fourth-order valence-corrected chi connectivity index (χ4v) is 5.47. The number of halogens is 1. The van der Waals surface area contributed by atoms with Crippen molar-refractivity contribution < 1.29 is 23.8 Å². The van der Waals surface area contributed by atoms with Gasteiger partial charge in [-0.2, -0.15) is 5.10 Å². The number of benzene rings is 3. The maximum absolute atomic E-state index is 13.5. The Hall–Kier alpha value is -3.66. The van der Waals surface area contributed by atoms with Crippen molar-refractivity contribution in [1.82, 2.24) is 5.01 Å². The van der Waals surface area contributed by atoms with Crippen molar-refractivity contribution >= 4 is 46.3 Å². The van der Waals surface area contributed by atoms with Gasteiger partial charge < -0.3 is 14.2 Å². The third kappa shape index (κ3) is 6.00. The molecular formula is C31H29IN2O5. The first-order valence-electron chi connectivity index (χ1n) is 12.8. The predicted molar refractivity (Wildman–Crippen MR) is 158 cm³/mol. The van der Waals surface area contributed by atoms with Crippen LogP contribution in [0.1, 0.15) is 46.8 Å². The topological polar surface area (TPSA) is 77.4 Å². The van der Waals surface area contributed by atoms with Crippen LogP contribution in [-0.4, -0.2) is 43.4 Å². The number of fused-ring (bicyclic) bond motifs is 1. The summed E-state index contributed by atoms with van der Waals surface area (Å²) in [7, 11) is 3.27. The SMILES string of the molecule is COc1ccc(C=C2CCCC3C2=NN(C(=O)COC(=O)c2ccc(I)cc2)C3c2ccc(OC)cc2)cc1. The minimum Gasteiger partial charge on any atom is -0.497 e. The Balaban J connectivity index is 1.43. The number of esters is 1. The van der Waals surface area contributed by atoms with Gasteiger partial charge >= 0.3 is 5.97 Å². The van der Waals surface area contributed by atoms with Gasteiger partial charge in [-0.25, -0.2) is 9.80 Å². The molecule has 0 radical (unpaired) electrons. The van der Waals surface area contributed by atoms with Crippen molar-refractivity contribution in [3.63, 3.8) is 0 Å². The summed E-state index contributed by atoms with van der Waals surface area (Å²) in [6.45, 7) is -0.390. The number of nitrogens with zero attached hydrogens (tertiary/aromatic N) is 2. The molecule has 1 aliphatic carbocycles.